The van der Waals surface area contributed by atoms with Crippen LogP contribution in [0.25, 0.3) is 0 Å². The maximum atomic E-state index is 12.6. The Labute approximate surface area is 184 Å². The van der Waals surface area contributed by atoms with Gasteiger partial charge in [-0.05, 0) is 37.0 Å². The number of carbonyl (C=O) groups is 3. The number of esters is 2. The summed E-state index contributed by atoms with van der Waals surface area (Å²) in [4.78, 5) is 36.3. The second-order valence-electron chi connectivity index (χ2n) is 7.65. The first-order valence-electron chi connectivity index (χ1n) is 10.7. The Hall–Kier alpha value is -2.45. The highest BCUT2D eigenvalue weighted by molar-refractivity contribution is 5.89. The molecule has 0 saturated heterocycles. The fourth-order valence-electron chi connectivity index (χ4n) is 3.37. The maximum Gasteiger partial charge on any atom is 0.337 e. The zero-order valence-electron chi connectivity index (χ0n) is 19.2. The largest absolute Gasteiger partial charge is 0.465 e. The highest BCUT2D eigenvalue weighted by Gasteiger charge is 2.29. The Balaban J connectivity index is 2.57. The lowest BCUT2D eigenvalue weighted by molar-refractivity contribution is -0.150. The first kappa shape index (κ1) is 26.6. The Bertz CT molecular complexity index is 707. The van der Waals surface area contributed by atoms with Crippen LogP contribution in [0.15, 0.2) is 24.3 Å². The van der Waals surface area contributed by atoms with Crippen LogP contribution in [0.5, 0.6) is 0 Å². The van der Waals surface area contributed by atoms with Crippen molar-refractivity contribution in [2.45, 2.75) is 71.2 Å². The summed E-state index contributed by atoms with van der Waals surface area (Å²) < 4.78 is 15.2. The Kier molecular flexibility index (Phi) is 11.8. The van der Waals surface area contributed by atoms with Crippen molar-refractivity contribution in [1.29, 1.82) is 0 Å². The molecule has 0 aliphatic carbocycles. The summed E-state index contributed by atoms with van der Waals surface area (Å²) in [6.45, 7) is 5.79. The number of methoxy groups -OCH3 is 2. The van der Waals surface area contributed by atoms with Gasteiger partial charge in [0.25, 0.3) is 5.91 Å². The fraction of sp³-hybridized carbons (Fsp3) is 0.609. The number of hydrogen-bond donors (Lipinski definition) is 2. The van der Waals surface area contributed by atoms with Gasteiger partial charge in [-0.3, -0.25) is 4.79 Å². The molecule has 0 fully saturated rings. The first-order valence-corrected chi connectivity index (χ1v) is 10.7. The lowest BCUT2D eigenvalue weighted by Gasteiger charge is -2.26. The molecule has 8 heteroatoms. The molecule has 0 saturated carbocycles. The number of carbonyl (C=O) groups excluding carboxylic acids is 3. The van der Waals surface area contributed by atoms with Crippen LogP contribution in [0, 0.1) is 5.92 Å². The third-order valence-corrected chi connectivity index (χ3v) is 5.25. The second kappa shape index (κ2) is 13.8. The zero-order valence-corrected chi connectivity index (χ0v) is 19.2. The average Bonchev–Trinajstić information content (AvgIpc) is 2.77. The van der Waals surface area contributed by atoms with E-state index in [4.69, 9.17) is 15.2 Å². The van der Waals surface area contributed by atoms with E-state index in [1.165, 1.54) is 14.2 Å². The van der Waals surface area contributed by atoms with Crippen molar-refractivity contribution in [3.05, 3.63) is 35.4 Å². The Morgan fingerprint density at radius 2 is 1.74 bits per heavy atom. The SMILES string of the molecule is CCCC(CC)CC(N)C(OC)C(=O)NC(C)C(=O)OCc1ccc(C(=O)OC)cc1. The third-order valence-electron chi connectivity index (χ3n) is 5.25. The summed E-state index contributed by atoms with van der Waals surface area (Å²) in [5, 5.41) is 2.62. The van der Waals surface area contributed by atoms with Gasteiger partial charge >= 0.3 is 11.9 Å². The highest BCUT2D eigenvalue weighted by Crippen LogP contribution is 2.19. The van der Waals surface area contributed by atoms with Gasteiger partial charge in [0.1, 0.15) is 12.6 Å². The van der Waals surface area contributed by atoms with Crippen LogP contribution in [0.3, 0.4) is 0 Å². The Morgan fingerprint density at radius 1 is 1.10 bits per heavy atom. The van der Waals surface area contributed by atoms with Gasteiger partial charge in [0.05, 0.1) is 12.7 Å². The van der Waals surface area contributed by atoms with Crippen molar-refractivity contribution in [3.8, 4) is 0 Å². The quantitative estimate of drug-likeness (QED) is 0.456. The molecule has 4 atom stereocenters. The average molecular weight is 437 g/mol. The molecule has 3 N–H and O–H groups in total. The van der Waals surface area contributed by atoms with Crippen LogP contribution >= 0.6 is 0 Å². The molecule has 0 radical (unpaired) electrons. The Morgan fingerprint density at radius 3 is 2.26 bits per heavy atom. The first-order chi connectivity index (χ1) is 14.8. The second-order valence-corrected chi connectivity index (χ2v) is 7.65. The van der Waals surface area contributed by atoms with E-state index >= 15 is 0 Å². The van der Waals surface area contributed by atoms with Gasteiger partial charge in [-0.15, -0.1) is 0 Å². The van der Waals surface area contributed by atoms with Crippen molar-refractivity contribution in [1.82, 2.24) is 5.32 Å². The summed E-state index contributed by atoms with van der Waals surface area (Å²) in [5.74, 6) is -1.02. The fourth-order valence-corrected chi connectivity index (χ4v) is 3.37. The number of nitrogens with two attached hydrogens (primary N) is 1. The highest BCUT2D eigenvalue weighted by atomic mass is 16.5. The summed E-state index contributed by atoms with van der Waals surface area (Å²) in [7, 11) is 2.74. The number of ether oxygens (including phenoxy) is 3. The van der Waals surface area contributed by atoms with Crippen LogP contribution in [0.4, 0.5) is 0 Å². The molecule has 0 aliphatic heterocycles. The minimum absolute atomic E-state index is 0.0168. The predicted octanol–water partition coefficient (Wildman–Crippen LogP) is 2.58. The minimum Gasteiger partial charge on any atom is -0.465 e. The van der Waals surface area contributed by atoms with E-state index in [2.05, 4.69) is 23.9 Å². The molecule has 0 spiro atoms. The molecule has 1 aromatic carbocycles. The zero-order chi connectivity index (χ0) is 23.4. The minimum atomic E-state index is -0.857. The molecular formula is C23H36N2O6. The van der Waals surface area contributed by atoms with Crippen molar-refractivity contribution in [3.63, 3.8) is 0 Å². The molecular weight excluding hydrogens is 400 g/mol. The van der Waals surface area contributed by atoms with Gasteiger partial charge in [0, 0.05) is 13.2 Å². The van der Waals surface area contributed by atoms with Crippen molar-refractivity contribution in [2.24, 2.45) is 11.7 Å². The number of benzene rings is 1. The van der Waals surface area contributed by atoms with Crippen LogP contribution in [-0.2, 0) is 30.4 Å². The van der Waals surface area contributed by atoms with Crippen LogP contribution in [0.2, 0.25) is 0 Å². The number of nitrogens with one attached hydrogen (secondary N) is 1. The van der Waals surface area contributed by atoms with E-state index in [1.807, 2.05) is 0 Å². The van der Waals surface area contributed by atoms with E-state index in [1.54, 1.807) is 31.2 Å². The summed E-state index contributed by atoms with van der Waals surface area (Å²) in [6.07, 6.45) is 2.93. The standard InChI is InChI=1S/C23H36N2O6/c1-6-8-16(7-2)13-19(24)20(29-4)21(26)25-15(3)22(27)31-14-17-9-11-18(12-10-17)23(28)30-5/h9-12,15-16,19-20H,6-8,13-14,24H2,1-5H3,(H,25,26). The molecule has 1 aromatic rings. The molecule has 1 amide bonds. The van der Waals surface area contributed by atoms with E-state index in [0.29, 0.717) is 23.5 Å². The van der Waals surface area contributed by atoms with Gasteiger partial charge in [-0.25, -0.2) is 9.59 Å². The van der Waals surface area contributed by atoms with Crippen LogP contribution in [0.1, 0.15) is 62.4 Å². The lowest BCUT2D eigenvalue weighted by Crippen LogP contribution is -2.52. The van der Waals surface area contributed by atoms with E-state index in [9.17, 15) is 14.4 Å². The van der Waals surface area contributed by atoms with Crippen molar-refractivity contribution < 1.29 is 28.6 Å². The maximum absolute atomic E-state index is 12.6. The molecule has 0 heterocycles. The third kappa shape index (κ3) is 8.67. The summed E-state index contributed by atoms with van der Waals surface area (Å²) in [5.41, 5.74) is 7.34. The summed E-state index contributed by atoms with van der Waals surface area (Å²) >= 11 is 0. The van der Waals surface area contributed by atoms with Gasteiger partial charge in [-0.1, -0.05) is 45.2 Å². The number of hydrogen-bond acceptors (Lipinski definition) is 7. The van der Waals surface area contributed by atoms with Gasteiger partial charge in [-0.2, -0.15) is 0 Å². The predicted molar refractivity (Wildman–Crippen MR) is 117 cm³/mol. The van der Waals surface area contributed by atoms with Gasteiger partial charge in [0.15, 0.2) is 6.10 Å². The van der Waals surface area contributed by atoms with E-state index in [-0.39, 0.29) is 6.61 Å². The van der Waals surface area contributed by atoms with Crippen LogP contribution in [-0.4, -0.2) is 50.3 Å². The smallest absolute Gasteiger partial charge is 0.337 e. The molecule has 1 rings (SSSR count). The number of amides is 1. The molecule has 0 aromatic heterocycles. The van der Waals surface area contributed by atoms with Crippen LogP contribution < -0.4 is 11.1 Å². The molecule has 4 unspecified atom stereocenters. The van der Waals surface area contributed by atoms with E-state index in [0.717, 1.165) is 19.3 Å². The molecule has 0 aliphatic rings. The molecule has 0 bridgehead atoms. The van der Waals surface area contributed by atoms with Gasteiger partial charge < -0.3 is 25.3 Å². The monoisotopic (exact) mass is 436 g/mol. The number of rotatable bonds is 13. The van der Waals surface area contributed by atoms with Crippen molar-refractivity contribution >= 4 is 17.8 Å². The van der Waals surface area contributed by atoms with Crippen molar-refractivity contribution in [2.75, 3.05) is 14.2 Å². The molecule has 31 heavy (non-hydrogen) atoms. The topological polar surface area (TPSA) is 117 Å². The van der Waals surface area contributed by atoms with Gasteiger partial charge in [0.2, 0.25) is 0 Å². The molecule has 8 nitrogen and oxygen atoms in total. The lowest BCUT2D eigenvalue weighted by atomic mass is 9.91. The molecule has 174 valence electrons. The van der Waals surface area contributed by atoms with E-state index < -0.39 is 36.0 Å². The normalized spacial score (nSPS) is 14.8. The summed E-state index contributed by atoms with van der Waals surface area (Å²) in [6, 6.07) is 5.20.